The summed E-state index contributed by atoms with van der Waals surface area (Å²) in [4.78, 5) is 4.28. The molecule has 0 saturated carbocycles. The fraction of sp³-hybridized carbons (Fsp3) is 0.312. The Balaban J connectivity index is 2.42. The second-order valence-electron chi connectivity index (χ2n) is 4.78. The highest BCUT2D eigenvalue weighted by Gasteiger charge is 2.08. The van der Waals surface area contributed by atoms with Gasteiger partial charge in [-0.3, -0.25) is 4.98 Å². The number of halogens is 1. The molecule has 0 fully saturated rings. The Morgan fingerprint density at radius 2 is 1.79 bits per heavy atom. The lowest BCUT2D eigenvalue weighted by Gasteiger charge is -2.11. The molecule has 1 aromatic carbocycles. The van der Waals surface area contributed by atoms with Crippen LogP contribution in [0.4, 0.5) is 4.39 Å². The molecule has 2 aromatic rings. The van der Waals surface area contributed by atoms with Gasteiger partial charge in [0.2, 0.25) is 0 Å². The number of pyridine rings is 1. The molecule has 0 aliphatic heterocycles. The van der Waals surface area contributed by atoms with Crippen LogP contribution in [0.3, 0.4) is 0 Å². The van der Waals surface area contributed by atoms with Crippen molar-refractivity contribution in [2.45, 2.75) is 27.3 Å². The minimum absolute atomic E-state index is 0.185. The largest absolute Gasteiger partial charge is 0.313 e. The summed E-state index contributed by atoms with van der Waals surface area (Å²) in [6.07, 6.45) is 3.70. The maximum atomic E-state index is 13.3. The average molecular weight is 258 g/mol. The topological polar surface area (TPSA) is 24.9 Å². The van der Waals surface area contributed by atoms with E-state index < -0.39 is 0 Å². The van der Waals surface area contributed by atoms with Crippen molar-refractivity contribution in [2.24, 2.45) is 0 Å². The Morgan fingerprint density at radius 3 is 2.42 bits per heavy atom. The molecule has 1 aromatic heterocycles. The third-order valence-electron chi connectivity index (χ3n) is 3.16. The van der Waals surface area contributed by atoms with Crippen molar-refractivity contribution >= 4 is 0 Å². The van der Waals surface area contributed by atoms with Crippen LogP contribution in [0.5, 0.6) is 0 Å². The second kappa shape index (κ2) is 5.93. The third-order valence-corrected chi connectivity index (χ3v) is 3.16. The lowest BCUT2D eigenvalue weighted by Crippen LogP contribution is -2.11. The summed E-state index contributed by atoms with van der Waals surface area (Å²) in [7, 11) is 0. The van der Waals surface area contributed by atoms with Gasteiger partial charge in [0, 0.05) is 24.5 Å². The predicted octanol–water partition coefficient (Wildman–Crippen LogP) is 3.61. The molecule has 0 radical (unpaired) electrons. The Morgan fingerprint density at radius 1 is 1.11 bits per heavy atom. The zero-order valence-electron chi connectivity index (χ0n) is 11.6. The van der Waals surface area contributed by atoms with E-state index in [0.717, 1.165) is 40.9 Å². The molecular weight excluding hydrogens is 239 g/mol. The summed E-state index contributed by atoms with van der Waals surface area (Å²) >= 11 is 0. The number of aryl methyl sites for hydroxylation is 2. The Bertz CT molecular complexity index is 556. The van der Waals surface area contributed by atoms with Crippen LogP contribution in [0.25, 0.3) is 11.1 Å². The van der Waals surface area contributed by atoms with E-state index in [1.165, 1.54) is 0 Å². The first-order chi connectivity index (χ1) is 9.11. The van der Waals surface area contributed by atoms with Gasteiger partial charge in [-0.1, -0.05) is 6.92 Å². The van der Waals surface area contributed by atoms with Gasteiger partial charge in [0.05, 0.1) is 0 Å². The van der Waals surface area contributed by atoms with Gasteiger partial charge >= 0.3 is 0 Å². The minimum atomic E-state index is -0.185. The molecule has 1 N–H and O–H groups in total. The van der Waals surface area contributed by atoms with Crippen LogP contribution in [0, 0.1) is 19.7 Å². The van der Waals surface area contributed by atoms with E-state index >= 15 is 0 Å². The Hall–Kier alpha value is -1.74. The van der Waals surface area contributed by atoms with Crippen molar-refractivity contribution in [1.82, 2.24) is 10.3 Å². The number of rotatable bonds is 4. The summed E-state index contributed by atoms with van der Waals surface area (Å²) in [6.45, 7) is 7.67. The maximum Gasteiger partial charge on any atom is 0.123 e. The van der Waals surface area contributed by atoms with Crippen LogP contribution in [-0.4, -0.2) is 11.5 Å². The normalized spacial score (nSPS) is 10.7. The van der Waals surface area contributed by atoms with Crippen molar-refractivity contribution in [3.05, 3.63) is 53.1 Å². The van der Waals surface area contributed by atoms with Crippen LogP contribution in [0.15, 0.2) is 30.6 Å². The first kappa shape index (κ1) is 13.7. The summed E-state index contributed by atoms with van der Waals surface area (Å²) in [5.41, 5.74) is 5.15. The highest BCUT2D eigenvalue weighted by Crippen LogP contribution is 2.28. The fourth-order valence-electron chi connectivity index (χ4n) is 2.36. The molecule has 0 saturated heterocycles. The zero-order chi connectivity index (χ0) is 13.8. The quantitative estimate of drug-likeness (QED) is 0.906. The van der Waals surface area contributed by atoms with Gasteiger partial charge in [0.15, 0.2) is 0 Å². The van der Waals surface area contributed by atoms with E-state index in [1.54, 1.807) is 12.1 Å². The van der Waals surface area contributed by atoms with E-state index in [0.29, 0.717) is 0 Å². The van der Waals surface area contributed by atoms with Gasteiger partial charge < -0.3 is 5.32 Å². The Labute approximate surface area is 113 Å². The highest BCUT2D eigenvalue weighted by atomic mass is 19.1. The third kappa shape index (κ3) is 3.18. The fourth-order valence-corrected chi connectivity index (χ4v) is 2.36. The molecule has 0 atom stereocenters. The molecule has 1 heterocycles. The number of nitrogens with one attached hydrogen (secondary N) is 1. The molecule has 0 aliphatic rings. The molecule has 3 heteroatoms. The molecule has 0 aliphatic carbocycles. The highest BCUT2D eigenvalue weighted by molar-refractivity contribution is 5.70. The van der Waals surface area contributed by atoms with Crippen LogP contribution in [-0.2, 0) is 6.54 Å². The molecule has 2 rings (SSSR count). The Kier molecular flexibility index (Phi) is 4.27. The minimum Gasteiger partial charge on any atom is -0.313 e. The standard InChI is InChI=1S/C16H19FN2/c1-4-18-8-13-7-14(10-19-9-13)16-11(2)5-15(17)6-12(16)3/h5-7,9-10,18H,4,8H2,1-3H3. The number of benzene rings is 1. The number of nitrogens with zero attached hydrogens (tertiary/aromatic N) is 1. The van der Waals surface area contributed by atoms with E-state index in [4.69, 9.17) is 0 Å². The molecular formula is C16H19FN2. The van der Waals surface area contributed by atoms with Crippen LogP contribution in [0.2, 0.25) is 0 Å². The van der Waals surface area contributed by atoms with Crippen LogP contribution in [0.1, 0.15) is 23.6 Å². The van der Waals surface area contributed by atoms with Crippen molar-refractivity contribution in [2.75, 3.05) is 6.54 Å². The van der Waals surface area contributed by atoms with Crippen molar-refractivity contribution in [1.29, 1.82) is 0 Å². The number of hydrogen-bond donors (Lipinski definition) is 1. The number of hydrogen-bond acceptors (Lipinski definition) is 2. The van der Waals surface area contributed by atoms with Crippen LogP contribution >= 0.6 is 0 Å². The lowest BCUT2D eigenvalue weighted by molar-refractivity contribution is 0.625. The van der Waals surface area contributed by atoms with E-state index in [-0.39, 0.29) is 5.82 Å². The molecule has 100 valence electrons. The molecule has 19 heavy (non-hydrogen) atoms. The SMILES string of the molecule is CCNCc1cncc(-c2c(C)cc(F)cc2C)c1. The summed E-state index contributed by atoms with van der Waals surface area (Å²) in [5.74, 6) is -0.185. The second-order valence-corrected chi connectivity index (χ2v) is 4.78. The molecule has 2 nitrogen and oxygen atoms in total. The van der Waals surface area contributed by atoms with Gasteiger partial charge in [0.1, 0.15) is 5.82 Å². The molecule has 0 bridgehead atoms. The van der Waals surface area contributed by atoms with Crippen LogP contribution < -0.4 is 5.32 Å². The van der Waals surface area contributed by atoms with Crippen molar-refractivity contribution in [3.8, 4) is 11.1 Å². The monoisotopic (exact) mass is 258 g/mol. The summed E-state index contributed by atoms with van der Waals surface area (Å²) in [5, 5.41) is 3.28. The smallest absolute Gasteiger partial charge is 0.123 e. The van der Waals surface area contributed by atoms with E-state index in [9.17, 15) is 4.39 Å². The van der Waals surface area contributed by atoms with E-state index in [2.05, 4.69) is 23.3 Å². The lowest BCUT2D eigenvalue weighted by atomic mass is 9.96. The van der Waals surface area contributed by atoms with Gasteiger partial charge in [-0.05, 0) is 60.8 Å². The summed E-state index contributed by atoms with van der Waals surface area (Å²) in [6, 6.07) is 5.25. The predicted molar refractivity (Wildman–Crippen MR) is 76.5 cm³/mol. The summed E-state index contributed by atoms with van der Waals surface area (Å²) < 4.78 is 13.3. The van der Waals surface area contributed by atoms with Gasteiger partial charge in [0.25, 0.3) is 0 Å². The molecule has 0 amide bonds. The first-order valence-corrected chi connectivity index (χ1v) is 6.53. The van der Waals surface area contributed by atoms with E-state index in [1.807, 2.05) is 26.2 Å². The van der Waals surface area contributed by atoms with Gasteiger partial charge in [-0.15, -0.1) is 0 Å². The van der Waals surface area contributed by atoms with Crippen molar-refractivity contribution < 1.29 is 4.39 Å². The molecule has 0 unspecified atom stereocenters. The maximum absolute atomic E-state index is 13.3. The zero-order valence-corrected chi connectivity index (χ0v) is 11.6. The number of aromatic nitrogens is 1. The average Bonchev–Trinajstić information content (AvgIpc) is 2.35. The first-order valence-electron chi connectivity index (χ1n) is 6.53. The molecule has 0 spiro atoms. The van der Waals surface area contributed by atoms with Crippen molar-refractivity contribution in [3.63, 3.8) is 0 Å². The van der Waals surface area contributed by atoms with Gasteiger partial charge in [-0.2, -0.15) is 0 Å². The van der Waals surface area contributed by atoms with Gasteiger partial charge in [-0.25, -0.2) is 4.39 Å².